The largest absolute Gasteiger partial charge is 0.497 e. The summed E-state index contributed by atoms with van der Waals surface area (Å²) < 4.78 is 10.5. The number of hydrogen-bond donors (Lipinski definition) is 0. The van der Waals surface area contributed by atoms with Crippen molar-refractivity contribution in [3.8, 4) is 5.75 Å². The van der Waals surface area contributed by atoms with Crippen molar-refractivity contribution in [3.63, 3.8) is 0 Å². The lowest BCUT2D eigenvalue weighted by atomic mass is 9.90. The first kappa shape index (κ1) is 13.1. The van der Waals surface area contributed by atoms with Crippen molar-refractivity contribution in [2.24, 2.45) is 5.92 Å². The van der Waals surface area contributed by atoms with Gasteiger partial charge in [-0.05, 0) is 41.8 Å². The number of methoxy groups -OCH3 is 1. The minimum atomic E-state index is 0.111. The van der Waals surface area contributed by atoms with Crippen LogP contribution in [0.25, 0.3) is 10.8 Å². The molecule has 0 bridgehead atoms. The molecule has 0 unspecified atom stereocenters. The first-order valence-corrected chi connectivity index (χ1v) is 6.98. The second-order valence-electron chi connectivity index (χ2n) is 5.18. The van der Waals surface area contributed by atoms with Crippen LogP contribution in [0.15, 0.2) is 36.4 Å². The summed E-state index contributed by atoms with van der Waals surface area (Å²) in [6.07, 6.45) is 1.67. The number of hydrogen-bond acceptors (Lipinski definition) is 3. The maximum absolute atomic E-state index is 12.5. The van der Waals surface area contributed by atoms with Crippen molar-refractivity contribution in [1.82, 2.24) is 0 Å². The lowest BCUT2D eigenvalue weighted by molar-refractivity contribution is 0.0545. The van der Waals surface area contributed by atoms with E-state index in [1.807, 2.05) is 36.4 Å². The van der Waals surface area contributed by atoms with Gasteiger partial charge in [0.25, 0.3) is 0 Å². The van der Waals surface area contributed by atoms with Crippen molar-refractivity contribution in [3.05, 3.63) is 42.0 Å². The molecule has 3 rings (SSSR count). The van der Waals surface area contributed by atoms with Crippen molar-refractivity contribution >= 4 is 16.6 Å². The van der Waals surface area contributed by atoms with Gasteiger partial charge in [-0.3, -0.25) is 4.79 Å². The van der Waals surface area contributed by atoms with E-state index >= 15 is 0 Å². The Morgan fingerprint density at radius 1 is 1.10 bits per heavy atom. The zero-order valence-corrected chi connectivity index (χ0v) is 11.6. The van der Waals surface area contributed by atoms with Gasteiger partial charge in [-0.15, -0.1) is 0 Å². The fraction of sp³-hybridized carbons (Fsp3) is 0.353. The Morgan fingerprint density at radius 3 is 2.55 bits per heavy atom. The second kappa shape index (κ2) is 5.63. The summed E-state index contributed by atoms with van der Waals surface area (Å²) in [5.74, 6) is 1.19. The lowest BCUT2D eigenvalue weighted by Crippen LogP contribution is -2.23. The third kappa shape index (κ3) is 2.54. The van der Waals surface area contributed by atoms with Crippen molar-refractivity contribution in [2.45, 2.75) is 12.8 Å². The third-order valence-electron chi connectivity index (χ3n) is 3.92. The minimum Gasteiger partial charge on any atom is -0.497 e. The molecule has 1 fully saturated rings. The molecule has 20 heavy (non-hydrogen) atoms. The lowest BCUT2D eigenvalue weighted by Gasteiger charge is -2.20. The number of Topliss-reactive ketones (excluding diaryl/α,β-unsaturated/α-hetero) is 1. The van der Waals surface area contributed by atoms with Crippen molar-refractivity contribution in [1.29, 1.82) is 0 Å². The van der Waals surface area contributed by atoms with E-state index in [1.54, 1.807) is 7.11 Å². The summed E-state index contributed by atoms with van der Waals surface area (Å²) >= 11 is 0. The predicted octanol–water partition coefficient (Wildman–Crippen LogP) is 3.46. The smallest absolute Gasteiger partial charge is 0.166 e. The molecule has 0 spiro atoms. The van der Waals surface area contributed by atoms with E-state index < -0.39 is 0 Å². The standard InChI is InChI=1S/C17H18O3/c1-19-16-5-4-13-10-15(3-2-14(13)11-16)17(18)12-6-8-20-9-7-12/h2-5,10-12H,6-9H2,1H3. The highest BCUT2D eigenvalue weighted by Crippen LogP contribution is 2.25. The van der Waals surface area contributed by atoms with Gasteiger partial charge in [-0.1, -0.05) is 18.2 Å². The molecule has 0 aliphatic carbocycles. The minimum absolute atomic E-state index is 0.111. The summed E-state index contributed by atoms with van der Waals surface area (Å²) in [4.78, 5) is 12.5. The molecule has 3 nitrogen and oxygen atoms in total. The Kier molecular flexibility index (Phi) is 3.70. The average molecular weight is 270 g/mol. The SMILES string of the molecule is COc1ccc2cc(C(=O)C3CCOCC3)ccc2c1. The number of ether oxygens (including phenoxy) is 2. The van der Waals surface area contributed by atoms with Crippen molar-refractivity contribution in [2.75, 3.05) is 20.3 Å². The number of benzene rings is 2. The molecule has 2 aromatic rings. The van der Waals surface area contributed by atoms with Crippen LogP contribution in [0.5, 0.6) is 5.75 Å². The second-order valence-corrected chi connectivity index (χ2v) is 5.18. The highest BCUT2D eigenvalue weighted by Gasteiger charge is 2.22. The van der Waals surface area contributed by atoms with Gasteiger partial charge >= 0.3 is 0 Å². The molecular formula is C17H18O3. The Balaban J connectivity index is 1.90. The summed E-state index contributed by atoms with van der Waals surface area (Å²) in [5.41, 5.74) is 0.801. The molecule has 0 amide bonds. The predicted molar refractivity (Wildman–Crippen MR) is 78.4 cm³/mol. The van der Waals surface area contributed by atoms with E-state index in [-0.39, 0.29) is 11.7 Å². The molecule has 1 heterocycles. The highest BCUT2D eigenvalue weighted by molar-refractivity contribution is 6.01. The van der Waals surface area contributed by atoms with Crippen LogP contribution in [0.2, 0.25) is 0 Å². The maximum Gasteiger partial charge on any atom is 0.166 e. The maximum atomic E-state index is 12.5. The number of carbonyl (C=O) groups is 1. The van der Waals surface area contributed by atoms with Crippen LogP contribution < -0.4 is 4.74 Å². The number of fused-ring (bicyclic) bond motifs is 1. The normalized spacial score (nSPS) is 16.2. The summed E-state index contributed by atoms with van der Waals surface area (Å²) in [6, 6.07) is 11.8. The molecule has 0 atom stereocenters. The van der Waals surface area contributed by atoms with Gasteiger partial charge in [0, 0.05) is 24.7 Å². The van der Waals surface area contributed by atoms with Crippen LogP contribution in [0.3, 0.4) is 0 Å². The first-order chi connectivity index (χ1) is 9.78. The van der Waals surface area contributed by atoms with Crippen LogP contribution >= 0.6 is 0 Å². The molecule has 104 valence electrons. The Morgan fingerprint density at radius 2 is 1.80 bits per heavy atom. The Labute approximate surface area is 118 Å². The van der Waals surface area contributed by atoms with Crippen LogP contribution in [0.1, 0.15) is 23.2 Å². The van der Waals surface area contributed by atoms with Gasteiger partial charge < -0.3 is 9.47 Å². The topological polar surface area (TPSA) is 35.5 Å². The van der Waals surface area contributed by atoms with Gasteiger partial charge in [-0.2, -0.15) is 0 Å². The average Bonchev–Trinajstić information content (AvgIpc) is 2.54. The van der Waals surface area contributed by atoms with E-state index in [4.69, 9.17) is 9.47 Å². The van der Waals surface area contributed by atoms with Crippen LogP contribution in [0, 0.1) is 5.92 Å². The quantitative estimate of drug-likeness (QED) is 0.801. The fourth-order valence-corrected chi connectivity index (χ4v) is 2.70. The summed E-state index contributed by atoms with van der Waals surface area (Å²) in [5, 5.41) is 2.16. The van der Waals surface area contributed by atoms with Gasteiger partial charge in [0.1, 0.15) is 5.75 Å². The fourth-order valence-electron chi connectivity index (χ4n) is 2.70. The van der Waals surface area contributed by atoms with E-state index in [1.165, 1.54) is 0 Å². The number of ketones is 1. The van der Waals surface area contributed by atoms with Gasteiger partial charge in [0.15, 0.2) is 5.78 Å². The monoisotopic (exact) mass is 270 g/mol. The zero-order valence-electron chi connectivity index (χ0n) is 11.6. The molecule has 2 aromatic carbocycles. The summed E-state index contributed by atoms with van der Waals surface area (Å²) in [6.45, 7) is 1.39. The molecule has 1 aliphatic rings. The van der Waals surface area contributed by atoms with Crippen LogP contribution in [-0.4, -0.2) is 26.1 Å². The third-order valence-corrected chi connectivity index (χ3v) is 3.92. The van der Waals surface area contributed by atoms with Crippen LogP contribution in [0.4, 0.5) is 0 Å². The zero-order chi connectivity index (χ0) is 13.9. The summed E-state index contributed by atoms with van der Waals surface area (Å²) in [7, 11) is 1.66. The number of carbonyl (C=O) groups excluding carboxylic acids is 1. The van der Waals surface area contributed by atoms with Crippen LogP contribution in [-0.2, 0) is 4.74 Å². The molecule has 0 N–H and O–H groups in total. The molecule has 0 radical (unpaired) electrons. The molecule has 1 aliphatic heterocycles. The Bertz CT molecular complexity index is 627. The van der Waals surface area contributed by atoms with Gasteiger partial charge in [0.05, 0.1) is 7.11 Å². The molecular weight excluding hydrogens is 252 g/mol. The molecule has 1 saturated heterocycles. The van der Waals surface area contributed by atoms with E-state index in [9.17, 15) is 4.79 Å². The van der Waals surface area contributed by atoms with Gasteiger partial charge in [-0.25, -0.2) is 0 Å². The molecule has 3 heteroatoms. The molecule has 0 aromatic heterocycles. The Hall–Kier alpha value is -1.87. The molecule has 0 saturated carbocycles. The highest BCUT2D eigenvalue weighted by atomic mass is 16.5. The van der Waals surface area contributed by atoms with Crippen molar-refractivity contribution < 1.29 is 14.3 Å². The first-order valence-electron chi connectivity index (χ1n) is 6.98. The van der Waals surface area contributed by atoms with E-state index in [2.05, 4.69) is 0 Å². The number of rotatable bonds is 3. The van der Waals surface area contributed by atoms with E-state index in [0.717, 1.165) is 34.9 Å². The van der Waals surface area contributed by atoms with E-state index in [0.29, 0.717) is 13.2 Å². The van der Waals surface area contributed by atoms with Gasteiger partial charge in [0.2, 0.25) is 0 Å².